The minimum atomic E-state index is -0.0819. The van der Waals surface area contributed by atoms with Gasteiger partial charge in [-0.15, -0.1) is 0 Å². The van der Waals surface area contributed by atoms with Crippen LogP contribution in [-0.2, 0) is 0 Å². The standard InChI is InChI=1S/C17H18N6O2/c1-24-12-5-6-16(25-2)13(8-12)15-9-14(11-4-3-7-18-10-11)19-17-20-21-22-23(15)17/h3-8,10,14-15H,9H2,1-2H3,(H,19,20,22)/t14-,15+/m0/s1. The average Bonchev–Trinajstić information content (AvgIpc) is 3.16. The zero-order valence-corrected chi connectivity index (χ0v) is 14.0. The van der Waals surface area contributed by atoms with Crippen molar-refractivity contribution in [2.45, 2.75) is 18.5 Å². The quantitative estimate of drug-likeness (QED) is 0.780. The smallest absolute Gasteiger partial charge is 0.244 e. The van der Waals surface area contributed by atoms with Crippen LogP contribution in [0.1, 0.15) is 29.6 Å². The van der Waals surface area contributed by atoms with Gasteiger partial charge in [0.05, 0.1) is 26.3 Å². The zero-order chi connectivity index (χ0) is 17.2. The first-order valence-electron chi connectivity index (χ1n) is 7.96. The average molecular weight is 338 g/mol. The molecule has 0 aliphatic carbocycles. The summed E-state index contributed by atoms with van der Waals surface area (Å²) < 4.78 is 12.7. The normalized spacial score (nSPS) is 19.0. The summed E-state index contributed by atoms with van der Waals surface area (Å²) in [6.45, 7) is 0. The highest BCUT2D eigenvalue weighted by molar-refractivity contribution is 5.45. The van der Waals surface area contributed by atoms with Crippen LogP contribution in [0.25, 0.3) is 0 Å². The SMILES string of the molecule is COc1ccc(OC)c([C@H]2C[C@@H](c3cccnc3)Nc3nnnn32)c1. The molecule has 0 saturated carbocycles. The summed E-state index contributed by atoms with van der Waals surface area (Å²) in [6, 6.07) is 9.69. The maximum absolute atomic E-state index is 5.56. The van der Waals surface area contributed by atoms with E-state index in [0.717, 1.165) is 29.0 Å². The Morgan fingerprint density at radius 3 is 2.88 bits per heavy atom. The lowest BCUT2D eigenvalue weighted by Gasteiger charge is -2.31. The lowest BCUT2D eigenvalue weighted by molar-refractivity contribution is 0.371. The fourth-order valence-corrected chi connectivity index (χ4v) is 3.20. The fraction of sp³-hybridized carbons (Fsp3) is 0.294. The van der Waals surface area contributed by atoms with Crippen LogP contribution < -0.4 is 14.8 Å². The number of tetrazole rings is 1. The molecule has 0 unspecified atom stereocenters. The number of nitrogens with one attached hydrogen (secondary N) is 1. The molecule has 3 heterocycles. The second-order valence-electron chi connectivity index (χ2n) is 5.79. The van der Waals surface area contributed by atoms with E-state index in [4.69, 9.17) is 9.47 Å². The minimum absolute atomic E-state index is 0.0492. The van der Waals surface area contributed by atoms with Crippen LogP contribution in [0, 0.1) is 0 Å². The monoisotopic (exact) mass is 338 g/mol. The van der Waals surface area contributed by atoms with Crippen molar-refractivity contribution in [2.75, 3.05) is 19.5 Å². The maximum Gasteiger partial charge on any atom is 0.244 e. The maximum atomic E-state index is 5.56. The number of hydrogen-bond acceptors (Lipinski definition) is 7. The Morgan fingerprint density at radius 2 is 2.12 bits per heavy atom. The number of methoxy groups -OCH3 is 2. The molecule has 1 aromatic carbocycles. The molecule has 25 heavy (non-hydrogen) atoms. The van der Waals surface area contributed by atoms with Crippen molar-refractivity contribution in [3.8, 4) is 11.5 Å². The summed E-state index contributed by atoms with van der Waals surface area (Å²) in [7, 11) is 3.31. The molecule has 1 aliphatic heterocycles. The first-order chi connectivity index (χ1) is 12.3. The highest BCUT2D eigenvalue weighted by Crippen LogP contribution is 2.41. The molecule has 3 aromatic rings. The second-order valence-corrected chi connectivity index (χ2v) is 5.79. The molecular formula is C17H18N6O2. The van der Waals surface area contributed by atoms with Gasteiger partial charge in [-0.3, -0.25) is 4.98 Å². The van der Waals surface area contributed by atoms with E-state index in [1.165, 1.54) is 0 Å². The van der Waals surface area contributed by atoms with Gasteiger partial charge in [-0.2, -0.15) is 0 Å². The van der Waals surface area contributed by atoms with Crippen LogP contribution >= 0.6 is 0 Å². The van der Waals surface area contributed by atoms with Crippen LogP contribution in [0.4, 0.5) is 5.95 Å². The highest BCUT2D eigenvalue weighted by Gasteiger charge is 2.32. The molecule has 0 radical (unpaired) electrons. The molecule has 2 aromatic heterocycles. The Morgan fingerprint density at radius 1 is 1.20 bits per heavy atom. The van der Waals surface area contributed by atoms with Gasteiger partial charge in [0.25, 0.3) is 0 Å². The molecule has 0 saturated heterocycles. The third-order valence-corrected chi connectivity index (χ3v) is 4.43. The van der Waals surface area contributed by atoms with Crippen molar-refractivity contribution in [1.29, 1.82) is 0 Å². The summed E-state index contributed by atoms with van der Waals surface area (Å²) >= 11 is 0. The van der Waals surface area contributed by atoms with Gasteiger partial charge in [0.1, 0.15) is 11.5 Å². The zero-order valence-electron chi connectivity index (χ0n) is 14.0. The first kappa shape index (κ1) is 15.4. The van der Waals surface area contributed by atoms with Crippen molar-refractivity contribution >= 4 is 5.95 Å². The minimum Gasteiger partial charge on any atom is -0.497 e. The van der Waals surface area contributed by atoms with E-state index in [1.54, 1.807) is 25.1 Å². The Kier molecular flexibility index (Phi) is 3.93. The number of pyridine rings is 1. The summed E-state index contributed by atoms with van der Waals surface area (Å²) in [6.07, 6.45) is 4.38. The molecule has 1 aliphatic rings. The Hall–Kier alpha value is -3.16. The van der Waals surface area contributed by atoms with Gasteiger partial charge in [0, 0.05) is 18.0 Å². The van der Waals surface area contributed by atoms with E-state index >= 15 is 0 Å². The number of aromatic nitrogens is 5. The lowest BCUT2D eigenvalue weighted by Crippen LogP contribution is -2.28. The lowest BCUT2D eigenvalue weighted by atomic mass is 9.93. The number of ether oxygens (including phenoxy) is 2. The summed E-state index contributed by atoms with van der Waals surface area (Å²) in [5, 5.41) is 15.5. The van der Waals surface area contributed by atoms with Gasteiger partial charge in [0.15, 0.2) is 0 Å². The Balaban J connectivity index is 1.79. The number of rotatable bonds is 4. The van der Waals surface area contributed by atoms with Crippen molar-refractivity contribution in [3.05, 3.63) is 53.9 Å². The van der Waals surface area contributed by atoms with Crippen molar-refractivity contribution < 1.29 is 9.47 Å². The molecule has 0 fully saturated rings. The Labute approximate surface area is 144 Å². The third-order valence-electron chi connectivity index (χ3n) is 4.43. The molecule has 0 amide bonds. The van der Waals surface area contributed by atoms with Crippen molar-refractivity contribution in [3.63, 3.8) is 0 Å². The van der Waals surface area contributed by atoms with Crippen LogP contribution in [0.2, 0.25) is 0 Å². The van der Waals surface area contributed by atoms with E-state index in [-0.39, 0.29) is 12.1 Å². The predicted molar refractivity (Wildman–Crippen MR) is 90.7 cm³/mol. The number of nitrogens with zero attached hydrogens (tertiary/aromatic N) is 5. The van der Waals surface area contributed by atoms with Crippen molar-refractivity contribution in [2.24, 2.45) is 0 Å². The molecule has 8 nitrogen and oxygen atoms in total. The van der Waals surface area contributed by atoms with Crippen LogP contribution in [-0.4, -0.2) is 39.4 Å². The fourth-order valence-electron chi connectivity index (χ4n) is 3.20. The largest absolute Gasteiger partial charge is 0.497 e. The summed E-state index contributed by atoms with van der Waals surface area (Å²) in [5.74, 6) is 2.16. The first-order valence-corrected chi connectivity index (χ1v) is 7.96. The molecule has 1 N–H and O–H groups in total. The molecule has 0 spiro atoms. The van der Waals surface area contributed by atoms with Crippen LogP contribution in [0.15, 0.2) is 42.7 Å². The van der Waals surface area contributed by atoms with E-state index in [1.807, 2.05) is 36.5 Å². The summed E-state index contributed by atoms with van der Waals surface area (Å²) in [5.41, 5.74) is 2.06. The molecule has 8 heteroatoms. The molecule has 128 valence electrons. The van der Waals surface area contributed by atoms with E-state index in [2.05, 4.69) is 25.8 Å². The van der Waals surface area contributed by atoms with E-state index in [9.17, 15) is 0 Å². The van der Waals surface area contributed by atoms with Gasteiger partial charge in [-0.05, 0) is 46.7 Å². The number of anilines is 1. The molecule has 0 bridgehead atoms. The molecule has 2 atom stereocenters. The topological polar surface area (TPSA) is 87.0 Å². The van der Waals surface area contributed by atoms with Gasteiger partial charge in [0.2, 0.25) is 5.95 Å². The van der Waals surface area contributed by atoms with Gasteiger partial charge in [-0.25, -0.2) is 4.68 Å². The third kappa shape index (κ3) is 2.75. The predicted octanol–water partition coefficient (Wildman–Crippen LogP) is 2.23. The van der Waals surface area contributed by atoms with Crippen molar-refractivity contribution in [1.82, 2.24) is 25.2 Å². The van der Waals surface area contributed by atoms with Gasteiger partial charge < -0.3 is 14.8 Å². The van der Waals surface area contributed by atoms with E-state index < -0.39 is 0 Å². The summed E-state index contributed by atoms with van der Waals surface area (Å²) in [4.78, 5) is 4.22. The van der Waals surface area contributed by atoms with Crippen LogP contribution in [0.5, 0.6) is 11.5 Å². The highest BCUT2D eigenvalue weighted by atomic mass is 16.5. The molecular weight excluding hydrogens is 320 g/mol. The van der Waals surface area contributed by atoms with Gasteiger partial charge >= 0.3 is 0 Å². The number of fused-ring (bicyclic) bond motifs is 1. The number of benzene rings is 1. The second kappa shape index (κ2) is 6.39. The number of hydrogen-bond donors (Lipinski definition) is 1. The Bertz CT molecular complexity index is 867. The van der Waals surface area contributed by atoms with E-state index in [0.29, 0.717) is 5.95 Å². The molecule has 4 rings (SSSR count). The van der Waals surface area contributed by atoms with Gasteiger partial charge in [-0.1, -0.05) is 11.2 Å². The van der Waals surface area contributed by atoms with Crippen LogP contribution in [0.3, 0.4) is 0 Å².